The number of ether oxygens (including phenoxy) is 12. The molecule has 0 aromatic rings. The summed E-state index contributed by atoms with van der Waals surface area (Å²) in [6.45, 7) is 20.5. The van der Waals surface area contributed by atoms with Crippen LogP contribution in [0.25, 0.3) is 0 Å². The maximum absolute atomic E-state index is 12.7. The van der Waals surface area contributed by atoms with Crippen LogP contribution in [-0.4, -0.2) is 308 Å². The van der Waals surface area contributed by atoms with E-state index in [9.17, 15) is 76.7 Å². The number of aliphatic carboxylic acids is 2. The molecule has 0 saturated heterocycles. The average Bonchev–Trinajstić information content (AvgIpc) is 0.836. The van der Waals surface area contributed by atoms with Crippen LogP contribution in [0.2, 0.25) is 0 Å². The van der Waals surface area contributed by atoms with Gasteiger partial charge in [0.1, 0.15) is 46.5 Å². The molecule has 0 spiro atoms. The molecule has 0 saturated carbocycles. The van der Waals surface area contributed by atoms with Gasteiger partial charge in [0.05, 0.1) is 180 Å². The van der Waals surface area contributed by atoms with Gasteiger partial charge in [-0.05, 0) is 104 Å². The molecule has 0 radical (unpaired) electrons. The molecule has 0 aromatic carbocycles. The average molecular weight is 1860 g/mol. The lowest BCUT2D eigenvalue weighted by Crippen LogP contribution is -2.46. The quantitative estimate of drug-likeness (QED) is 0.0235. The monoisotopic (exact) mass is 1860 g/mol. The zero-order valence-electron chi connectivity index (χ0n) is 76.3. The van der Waals surface area contributed by atoms with Crippen LogP contribution in [0.1, 0.15) is 209 Å². The van der Waals surface area contributed by atoms with Crippen molar-refractivity contribution in [2.75, 3.05) is 144 Å². The number of rotatable bonds is 78. The Morgan fingerprint density at radius 1 is 0.430 bits per heavy atom. The second kappa shape index (κ2) is 72.4. The fraction of sp³-hybridized carbons (Fsp3) is 0.773. The Labute approximate surface area is 764 Å². The first-order chi connectivity index (χ1) is 61.0. The van der Waals surface area contributed by atoms with E-state index in [2.05, 4.69) is 46.5 Å². The summed E-state index contributed by atoms with van der Waals surface area (Å²) in [4.78, 5) is 194. The molecule has 0 aromatic heterocycles. The molecule has 40 heteroatoms. The minimum absolute atomic E-state index is 0.0273. The van der Waals surface area contributed by atoms with Gasteiger partial charge in [0.25, 0.3) is 0 Å². The van der Waals surface area contributed by atoms with Crippen LogP contribution < -0.4 is 44.2 Å². The van der Waals surface area contributed by atoms with E-state index in [1.54, 1.807) is 13.8 Å². The van der Waals surface area contributed by atoms with E-state index in [1.807, 2.05) is 39.8 Å². The van der Waals surface area contributed by atoms with Crippen LogP contribution in [0.3, 0.4) is 0 Å². The van der Waals surface area contributed by atoms with E-state index in [4.69, 9.17) is 90.0 Å². The Bertz CT molecular complexity index is 3210. The van der Waals surface area contributed by atoms with E-state index in [-0.39, 0.29) is 209 Å². The normalized spacial score (nSPS) is 17.9. The van der Waals surface area contributed by atoms with Crippen molar-refractivity contribution in [3.05, 3.63) is 23.3 Å². The van der Waals surface area contributed by atoms with Gasteiger partial charge in [0, 0.05) is 143 Å². The van der Waals surface area contributed by atoms with Crippen molar-refractivity contribution in [2.24, 2.45) is 46.6 Å². The molecule has 0 bridgehead atoms. The van der Waals surface area contributed by atoms with Crippen molar-refractivity contribution in [2.45, 2.75) is 270 Å². The van der Waals surface area contributed by atoms with Crippen LogP contribution in [0.15, 0.2) is 23.3 Å². The first kappa shape index (κ1) is 119. The SMILES string of the molecule is CCOC(=O)C1=C[C@@H](O[C@@H](CC)CCCC(=O)CCOCCOCCOCCOCCNC(=O)CCC(=O)CC[C@H](N)C(=O)C[C@@H](CC(=O)O)C(=O)N[C@@H](CS)C(=O)O)[C@H](C)[C@@H](N)C1.CCOC(=O)C1=C[C@@H](O[C@@H](CC)CCCC(=O)CCOCCOCCOCCOCCNC(=O)CCC(=O)CC[C@H](N)C(=O)C[C@@H](CC(C)=O)C(=O)NC(CS)C(C)=O)[C@H](C)[C@@H](N)C1. The number of amides is 4. The standard InChI is InChI=1S/C45H76N4O14S.C43H72N4O16S/c1-6-37(63-42-28-34(45(57)62-7-2)26-39(47)31(42)4)10-8-9-35(52)15-17-58-19-21-60-23-24-61-22-20-59-18-16-48-43(55)14-12-36(53)11-13-38(46)41(54)27-33(25-30(3)50)44(56)49-40(29-64)32(5)51;1-4-33(63-38-25-30(43(57)62-5-2)23-35(45)28(38)3)8-6-7-31(48)13-15-58-17-19-60-21-22-61-20-18-59-16-14-46-39(51)12-10-32(49)9-11-34(44)37(50)24-29(26-40(52)53)41(54)47-36(27-64)42(55)56/h28,31,33,37-40,42,64H,6-27,29,46-47H2,1-5H3,(H,48,55)(H,49,56);25,28-29,33-36,38,64H,4-24,26-27,44-45H2,1-3H3,(H,46,51)(H,47,54)(H,52,53)(H,55,56)/t31-,33-,37+,38+,39+,40?,42-;28-,29+,33+,34+,35+,36+,38-/m11/s1. The molecule has 14 N–H and O–H groups in total. The molecular formula is C88H148N8O30S2. The lowest BCUT2D eigenvalue weighted by atomic mass is 9.84. The van der Waals surface area contributed by atoms with Crippen LogP contribution >= 0.6 is 25.3 Å². The number of nitrogens with two attached hydrogens (primary N) is 4. The predicted octanol–water partition coefficient (Wildman–Crippen LogP) is 3.66. The molecule has 4 amide bonds. The van der Waals surface area contributed by atoms with Crippen LogP contribution in [0.5, 0.6) is 0 Å². The molecule has 1 unspecified atom stereocenters. The number of hydrogen-bond donors (Lipinski definition) is 12. The number of Topliss-reactive ketones (excluding diaryl/α,β-unsaturated/α-hetero) is 8. The van der Waals surface area contributed by atoms with Crippen molar-refractivity contribution >= 4 is 119 Å². The summed E-state index contributed by atoms with van der Waals surface area (Å²) in [6.07, 6.45) is 7.63. The van der Waals surface area contributed by atoms with E-state index >= 15 is 0 Å². The minimum atomic E-state index is -1.37. The van der Waals surface area contributed by atoms with Gasteiger partial charge in [0.2, 0.25) is 23.6 Å². The van der Waals surface area contributed by atoms with Gasteiger partial charge >= 0.3 is 23.9 Å². The molecule has 128 heavy (non-hydrogen) atoms. The topological polar surface area (TPSA) is 577 Å². The number of thiol groups is 2. The van der Waals surface area contributed by atoms with Gasteiger partial charge in [-0.1, -0.05) is 27.7 Å². The number of hydrogen-bond acceptors (Lipinski definition) is 34. The third-order valence-electron chi connectivity index (χ3n) is 21.0. The molecule has 732 valence electrons. The first-order valence-corrected chi connectivity index (χ1v) is 45.9. The van der Waals surface area contributed by atoms with Gasteiger partial charge in [0.15, 0.2) is 5.78 Å². The predicted molar refractivity (Wildman–Crippen MR) is 477 cm³/mol. The molecule has 14 atom stereocenters. The van der Waals surface area contributed by atoms with Crippen LogP contribution in [0.4, 0.5) is 0 Å². The van der Waals surface area contributed by atoms with Crippen molar-refractivity contribution in [1.82, 2.24) is 21.3 Å². The number of esters is 2. The van der Waals surface area contributed by atoms with E-state index in [0.29, 0.717) is 168 Å². The summed E-state index contributed by atoms with van der Waals surface area (Å²) >= 11 is 7.89. The van der Waals surface area contributed by atoms with Gasteiger partial charge in [-0.25, -0.2) is 14.4 Å². The Balaban J connectivity index is 0.00000128. The lowest BCUT2D eigenvalue weighted by Gasteiger charge is -2.34. The van der Waals surface area contributed by atoms with E-state index < -0.39 is 84.2 Å². The van der Waals surface area contributed by atoms with Crippen molar-refractivity contribution < 1.29 is 144 Å². The molecule has 2 aliphatic carbocycles. The molecule has 0 heterocycles. The molecule has 2 aliphatic rings. The Morgan fingerprint density at radius 2 is 0.766 bits per heavy atom. The molecule has 0 aliphatic heterocycles. The Kier molecular flexibility index (Phi) is 67.1. The zero-order chi connectivity index (χ0) is 95.7. The number of nitrogens with one attached hydrogen (secondary N) is 4. The van der Waals surface area contributed by atoms with Gasteiger partial charge in [-0.3, -0.25) is 57.5 Å². The summed E-state index contributed by atoms with van der Waals surface area (Å²) < 4.78 is 66.8. The third kappa shape index (κ3) is 56.5. The highest BCUT2D eigenvalue weighted by atomic mass is 32.1. The maximum Gasteiger partial charge on any atom is 0.333 e. The van der Waals surface area contributed by atoms with Crippen LogP contribution in [0, 0.1) is 23.7 Å². The number of carboxylic acids is 2. The highest BCUT2D eigenvalue weighted by Crippen LogP contribution is 2.31. The van der Waals surface area contributed by atoms with Crippen molar-refractivity contribution in [3.8, 4) is 0 Å². The van der Waals surface area contributed by atoms with Crippen molar-refractivity contribution in [1.29, 1.82) is 0 Å². The molecule has 0 fully saturated rings. The molecule has 2 rings (SSSR count). The largest absolute Gasteiger partial charge is 0.481 e. The van der Waals surface area contributed by atoms with Gasteiger partial charge < -0.3 is 116 Å². The minimum Gasteiger partial charge on any atom is -0.481 e. The van der Waals surface area contributed by atoms with Crippen molar-refractivity contribution in [3.63, 3.8) is 0 Å². The first-order valence-electron chi connectivity index (χ1n) is 44.7. The Morgan fingerprint density at radius 3 is 1.09 bits per heavy atom. The second-order valence-electron chi connectivity index (χ2n) is 31.5. The van der Waals surface area contributed by atoms with Gasteiger partial charge in [-0.15, -0.1) is 0 Å². The Hall–Kier alpha value is -7.26. The third-order valence-corrected chi connectivity index (χ3v) is 21.8. The fourth-order valence-electron chi connectivity index (χ4n) is 13.0. The summed E-state index contributed by atoms with van der Waals surface area (Å²) in [5, 5.41) is 28.2. The zero-order valence-corrected chi connectivity index (χ0v) is 78.1. The number of carbonyl (C=O) groups is 16. The molecular weight excluding hydrogens is 1710 g/mol. The highest BCUT2D eigenvalue weighted by Gasteiger charge is 2.36. The number of carboxylic acid groups (broad SMARTS) is 2. The fourth-order valence-corrected chi connectivity index (χ4v) is 13.6. The highest BCUT2D eigenvalue weighted by molar-refractivity contribution is 7.80. The second-order valence-corrected chi connectivity index (χ2v) is 32.3. The van der Waals surface area contributed by atoms with Gasteiger partial charge in [-0.2, -0.15) is 25.3 Å². The van der Waals surface area contributed by atoms with Crippen LogP contribution in [-0.2, 0) is 134 Å². The summed E-state index contributed by atoms with van der Waals surface area (Å²) in [5.74, 6) is -10.2. The summed E-state index contributed by atoms with van der Waals surface area (Å²) in [7, 11) is 0. The maximum atomic E-state index is 12.7. The number of carbonyl (C=O) groups excluding carboxylic acids is 14. The van der Waals surface area contributed by atoms with E-state index in [1.165, 1.54) is 13.8 Å². The molecule has 38 nitrogen and oxygen atoms in total. The smallest absolute Gasteiger partial charge is 0.333 e. The number of ketones is 8. The van der Waals surface area contributed by atoms with E-state index in [0.717, 1.165) is 25.7 Å². The summed E-state index contributed by atoms with van der Waals surface area (Å²) in [6, 6.07) is -4.80. The summed E-state index contributed by atoms with van der Waals surface area (Å²) in [5.41, 5.74) is 25.6. The lowest BCUT2D eigenvalue weighted by molar-refractivity contribution is -0.144.